The molecule has 2 aliphatic rings. The summed E-state index contributed by atoms with van der Waals surface area (Å²) in [4.78, 5) is 21.9. The average molecular weight is 184 g/mol. The smallest absolute Gasteiger partial charge is 0.309 e. The molecule has 0 heterocycles. The Morgan fingerprint density at radius 2 is 2.00 bits per heavy atom. The van der Waals surface area contributed by atoms with Gasteiger partial charge in [0, 0.05) is 0 Å². The standard InChI is InChI=1S/C9H12O4/c1-13-8(12)6-4-5(7(10)11)9(6)2-3-9/h5-6H,2-4H2,1H3,(H,10,11). The zero-order valence-electron chi connectivity index (χ0n) is 7.45. The van der Waals surface area contributed by atoms with E-state index in [1.54, 1.807) is 0 Å². The van der Waals surface area contributed by atoms with Crippen LogP contribution in [0, 0.1) is 17.3 Å². The Morgan fingerprint density at radius 1 is 1.38 bits per heavy atom. The van der Waals surface area contributed by atoms with Crippen LogP contribution in [0.15, 0.2) is 0 Å². The van der Waals surface area contributed by atoms with Gasteiger partial charge in [-0.05, 0) is 24.7 Å². The van der Waals surface area contributed by atoms with Crippen molar-refractivity contribution in [2.75, 3.05) is 7.11 Å². The molecule has 0 aliphatic heterocycles. The summed E-state index contributed by atoms with van der Waals surface area (Å²) >= 11 is 0. The van der Waals surface area contributed by atoms with Gasteiger partial charge in [0.25, 0.3) is 0 Å². The molecule has 0 radical (unpaired) electrons. The third-order valence-corrected chi connectivity index (χ3v) is 3.47. The van der Waals surface area contributed by atoms with E-state index in [-0.39, 0.29) is 23.2 Å². The number of carboxylic acids is 1. The molecule has 1 N–H and O–H groups in total. The van der Waals surface area contributed by atoms with Gasteiger partial charge in [-0.1, -0.05) is 0 Å². The van der Waals surface area contributed by atoms with Crippen LogP contribution in [0.1, 0.15) is 19.3 Å². The van der Waals surface area contributed by atoms with Crippen molar-refractivity contribution in [3.8, 4) is 0 Å². The zero-order valence-corrected chi connectivity index (χ0v) is 7.45. The molecule has 1 spiro atoms. The molecule has 0 aromatic rings. The molecule has 2 atom stereocenters. The van der Waals surface area contributed by atoms with Crippen LogP contribution in [-0.4, -0.2) is 24.2 Å². The summed E-state index contributed by atoms with van der Waals surface area (Å²) in [5, 5.41) is 8.83. The predicted molar refractivity (Wildman–Crippen MR) is 42.9 cm³/mol. The summed E-state index contributed by atoms with van der Waals surface area (Å²) in [5.41, 5.74) is -0.223. The van der Waals surface area contributed by atoms with Crippen molar-refractivity contribution in [3.05, 3.63) is 0 Å². The van der Waals surface area contributed by atoms with Crippen LogP contribution in [0.25, 0.3) is 0 Å². The first-order valence-corrected chi connectivity index (χ1v) is 4.42. The monoisotopic (exact) mass is 184 g/mol. The van der Waals surface area contributed by atoms with Crippen LogP contribution in [0.5, 0.6) is 0 Å². The fourth-order valence-electron chi connectivity index (χ4n) is 2.45. The van der Waals surface area contributed by atoms with E-state index in [9.17, 15) is 9.59 Å². The van der Waals surface area contributed by atoms with Crippen LogP contribution >= 0.6 is 0 Å². The summed E-state index contributed by atoms with van der Waals surface area (Å²) < 4.78 is 4.63. The van der Waals surface area contributed by atoms with Gasteiger partial charge in [0.2, 0.25) is 0 Å². The maximum absolute atomic E-state index is 11.2. The molecule has 13 heavy (non-hydrogen) atoms. The number of methoxy groups -OCH3 is 1. The topological polar surface area (TPSA) is 63.6 Å². The van der Waals surface area contributed by atoms with Crippen LogP contribution in [-0.2, 0) is 14.3 Å². The Balaban J connectivity index is 2.07. The zero-order chi connectivity index (χ0) is 9.64. The van der Waals surface area contributed by atoms with Crippen molar-refractivity contribution in [2.45, 2.75) is 19.3 Å². The van der Waals surface area contributed by atoms with Crippen molar-refractivity contribution < 1.29 is 19.4 Å². The second-order valence-corrected chi connectivity index (χ2v) is 3.94. The Morgan fingerprint density at radius 3 is 2.38 bits per heavy atom. The first-order valence-electron chi connectivity index (χ1n) is 4.42. The van der Waals surface area contributed by atoms with Gasteiger partial charge in [0.05, 0.1) is 18.9 Å². The Labute approximate surface area is 75.9 Å². The first kappa shape index (κ1) is 8.53. The summed E-state index contributed by atoms with van der Waals surface area (Å²) in [6, 6.07) is 0. The van der Waals surface area contributed by atoms with E-state index in [4.69, 9.17) is 5.11 Å². The lowest BCUT2D eigenvalue weighted by Crippen LogP contribution is -2.47. The molecule has 0 aromatic heterocycles. The van der Waals surface area contributed by atoms with Crippen molar-refractivity contribution in [1.29, 1.82) is 0 Å². The minimum atomic E-state index is -0.766. The predicted octanol–water partition coefficient (Wildman–Crippen LogP) is 0.660. The molecule has 2 unspecified atom stereocenters. The molecular formula is C9H12O4. The highest BCUT2D eigenvalue weighted by Crippen LogP contribution is 2.68. The second kappa shape index (κ2) is 2.47. The average Bonchev–Trinajstić information content (AvgIpc) is 2.82. The molecule has 4 heteroatoms. The maximum Gasteiger partial charge on any atom is 0.309 e. The quantitative estimate of drug-likeness (QED) is 0.640. The number of hydrogen-bond donors (Lipinski definition) is 1. The van der Waals surface area contributed by atoms with Gasteiger partial charge in [-0.15, -0.1) is 0 Å². The number of esters is 1. The van der Waals surface area contributed by atoms with Crippen LogP contribution < -0.4 is 0 Å². The SMILES string of the molecule is COC(=O)C1CC(C(=O)O)C12CC2. The minimum Gasteiger partial charge on any atom is -0.481 e. The third-order valence-electron chi connectivity index (χ3n) is 3.47. The fraction of sp³-hybridized carbons (Fsp3) is 0.778. The number of hydrogen-bond acceptors (Lipinski definition) is 3. The van der Waals surface area contributed by atoms with E-state index in [0.29, 0.717) is 6.42 Å². The van der Waals surface area contributed by atoms with Gasteiger partial charge in [-0.2, -0.15) is 0 Å². The highest BCUT2D eigenvalue weighted by atomic mass is 16.5. The number of rotatable bonds is 2. The Bertz CT molecular complexity index is 267. The normalized spacial score (nSPS) is 33.6. The number of carboxylic acid groups (broad SMARTS) is 1. The summed E-state index contributed by atoms with van der Waals surface area (Å²) in [6.07, 6.45) is 2.19. The second-order valence-electron chi connectivity index (χ2n) is 3.94. The number of aliphatic carboxylic acids is 1. The molecule has 0 aromatic carbocycles. The number of ether oxygens (including phenoxy) is 1. The number of carbonyl (C=O) groups is 2. The highest BCUT2D eigenvalue weighted by molar-refractivity contribution is 5.82. The van der Waals surface area contributed by atoms with Gasteiger partial charge in [0.15, 0.2) is 0 Å². The highest BCUT2D eigenvalue weighted by Gasteiger charge is 2.68. The van der Waals surface area contributed by atoms with Crippen molar-refractivity contribution in [2.24, 2.45) is 17.3 Å². The lowest BCUT2D eigenvalue weighted by molar-refractivity contribution is -0.166. The Hall–Kier alpha value is -1.06. The van der Waals surface area contributed by atoms with Gasteiger partial charge < -0.3 is 9.84 Å². The Kier molecular flexibility index (Phi) is 1.62. The fourth-order valence-corrected chi connectivity index (χ4v) is 2.45. The first-order chi connectivity index (χ1) is 6.12. The largest absolute Gasteiger partial charge is 0.481 e. The van der Waals surface area contributed by atoms with Crippen molar-refractivity contribution in [3.63, 3.8) is 0 Å². The molecule has 2 saturated carbocycles. The maximum atomic E-state index is 11.2. The molecule has 72 valence electrons. The van der Waals surface area contributed by atoms with Crippen LogP contribution in [0.4, 0.5) is 0 Å². The molecule has 4 nitrogen and oxygen atoms in total. The van der Waals surface area contributed by atoms with Crippen LogP contribution in [0.3, 0.4) is 0 Å². The molecule has 0 bridgehead atoms. The summed E-state index contributed by atoms with van der Waals surface area (Å²) in [6.45, 7) is 0. The molecule has 0 amide bonds. The van der Waals surface area contributed by atoms with E-state index in [1.165, 1.54) is 7.11 Å². The van der Waals surface area contributed by atoms with E-state index >= 15 is 0 Å². The molecule has 2 rings (SSSR count). The van der Waals surface area contributed by atoms with E-state index in [1.807, 2.05) is 0 Å². The molecule has 2 aliphatic carbocycles. The number of carbonyl (C=O) groups excluding carboxylic acids is 1. The summed E-state index contributed by atoms with van der Waals surface area (Å²) in [5.74, 6) is -1.47. The summed E-state index contributed by atoms with van der Waals surface area (Å²) in [7, 11) is 1.35. The molecule has 2 fully saturated rings. The molecular weight excluding hydrogens is 172 g/mol. The third kappa shape index (κ3) is 0.975. The van der Waals surface area contributed by atoms with E-state index < -0.39 is 5.97 Å². The van der Waals surface area contributed by atoms with Gasteiger partial charge in [-0.3, -0.25) is 9.59 Å². The van der Waals surface area contributed by atoms with Gasteiger partial charge in [0.1, 0.15) is 0 Å². The van der Waals surface area contributed by atoms with Gasteiger partial charge >= 0.3 is 11.9 Å². The van der Waals surface area contributed by atoms with Crippen molar-refractivity contribution >= 4 is 11.9 Å². The van der Waals surface area contributed by atoms with Crippen molar-refractivity contribution in [1.82, 2.24) is 0 Å². The lowest BCUT2D eigenvalue weighted by Gasteiger charge is -2.41. The van der Waals surface area contributed by atoms with Crippen LogP contribution in [0.2, 0.25) is 0 Å². The van der Waals surface area contributed by atoms with Gasteiger partial charge in [-0.25, -0.2) is 0 Å². The lowest BCUT2D eigenvalue weighted by atomic mass is 9.61. The minimum absolute atomic E-state index is 0.154. The van der Waals surface area contributed by atoms with E-state index in [2.05, 4.69) is 4.74 Å². The van der Waals surface area contributed by atoms with E-state index in [0.717, 1.165) is 12.8 Å². The molecule has 0 saturated heterocycles.